The van der Waals surface area contributed by atoms with E-state index in [4.69, 9.17) is 19.3 Å². The van der Waals surface area contributed by atoms with E-state index < -0.39 is 11.9 Å². The number of amides is 1. The molecule has 2 N–H and O–H groups in total. The Hall–Kier alpha value is -3.25. The Morgan fingerprint density at radius 2 is 1.93 bits per heavy atom. The van der Waals surface area contributed by atoms with E-state index in [0.29, 0.717) is 30.4 Å². The average molecular weight is 389 g/mol. The van der Waals surface area contributed by atoms with Crippen molar-refractivity contribution in [1.82, 2.24) is 4.90 Å². The Morgan fingerprint density at radius 3 is 2.46 bits per heavy atom. The molecular weight excluding hydrogens is 366 g/mol. The number of methoxy groups -OCH3 is 1. The van der Waals surface area contributed by atoms with E-state index in [-0.39, 0.29) is 36.5 Å². The summed E-state index contributed by atoms with van der Waals surface area (Å²) in [5, 5.41) is 21.5. The first-order chi connectivity index (χ1) is 13.5. The van der Waals surface area contributed by atoms with Crippen molar-refractivity contribution in [3.05, 3.63) is 29.0 Å². The van der Waals surface area contributed by atoms with E-state index >= 15 is 0 Å². The van der Waals surface area contributed by atoms with E-state index in [1.54, 1.807) is 6.07 Å². The molecule has 0 fully saturated rings. The molecule has 0 saturated carbocycles. The van der Waals surface area contributed by atoms with E-state index in [2.05, 4.69) is 5.32 Å². The van der Waals surface area contributed by atoms with Gasteiger partial charge in [0, 0.05) is 18.7 Å². The third kappa shape index (κ3) is 4.35. The molecule has 1 aromatic carbocycles. The van der Waals surface area contributed by atoms with Gasteiger partial charge in [0.1, 0.15) is 11.8 Å². The number of esters is 1. The number of nitriles is 1. The maximum Gasteiger partial charge on any atom is 0.337 e. The number of aliphatic hydroxyl groups excluding tert-OH is 1. The van der Waals surface area contributed by atoms with Crippen molar-refractivity contribution in [2.75, 3.05) is 45.3 Å². The van der Waals surface area contributed by atoms with Crippen molar-refractivity contribution in [3.8, 4) is 17.6 Å². The van der Waals surface area contributed by atoms with Crippen LogP contribution in [0.1, 0.15) is 19.4 Å². The van der Waals surface area contributed by atoms with Crippen LogP contribution in [0.25, 0.3) is 0 Å². The van der Waals surface area contributed by atoms with Gasteiger partial charge in [-0.05, 0) is 13.8 Å². The number of nitrogens with one attached hydrogen (secondary N) is 1. The van der Waals surface area contributed by atoms with Crippen LogP contribution in [0.4, 0.5) is 5.69 Å². The number of nitrogens with zero attached hydrogens (tertiary/aromatic N) is 2. The Morgan fingerprint density at radius 1 is 1.29 bits per heavy atom. The zero-order valence-corrected chi connectivity index (χ0v) is 16.1. The van der Waals surface area contributed by atoms with Crippen molar-refractivity contribution in [3.63, 3.8) is 0 Å². The highest BCUT2D eigenvalue weighted by molar-refractivity contribution is 6.08. The summed E-state index contributed by atoms with van der Waals surface area (Å²) in [5.74, 6) is -0.312. The number of carbonyl (C=O) groups excluding carboxylic acids is 2. The van der Waals surface area contributed by atoms with Crippen LogP contribution in [-0.4, -0.2) is 61.9 Å². The number of ether oxygens (including phenoxy) is 3. The van der Waals surface area contributed by atoms with E-state index in [1.165, 1.54) is 18.1 Å². The first-order valence-electron chi connectivity index (χ1n) is 8.82. The smallest absolute Gasteiger partial charge is 0.337 e. The molecule has 0 unspecified atom stereocenters. The summed E-state index contributed by atoms with van der Waals surface area (Å²) in [6, 6.07) is 5.11. The first-order valence-corrected chi connectivity index (χ1v) is 8.82. The van der Waals surface area contributed by atoms with Gasteiger partial charge in [-0.15, -0.1) is 0 Å². The Bertz CT molecular complexity index is 828. The molecule has 0 atom stereocenters. The van der Waals surface area contributed by atoms with Crippen molar-refractivity contribution in [1.29, 1.82) is 5.26 Å². The minimum Gasteiger partial charge on any atom is -0.490 e. The highest BCUT2D eigenvalue weighted by atomic mass is 16.5. The third-order valence-electron chi connectivity index (χ3n) is 4.02. The molecule has 28 heavy (non-hydrogen) atoms. The molecule has 9 heteroatoms. The maximum atomic E-state index is 12.7. The SMILES string of the molecule is CCOc1cc(C#N)c(NC2=C(C(=O)OC)CN(CCO)C2=O)cc1OCC. The standard InChI is InChI=1S/C19H23N3O6/c1-4-27-15-8-12(10-20)14(9-16(15)28-5-2)21-17-13(19(25)26-3)11-22(6-7-23)18(17)24/h8-9,21,23H,4-7,11H2,1-3H3. The zero-order valence-electron chi connectivity index (χ0n) is 16.1. The lowest BCUT2D eigenvalue weighted by atomic mass is 10.1. The van der Waals surface area contributed by atoms with Crippen LogP contribution < -0.4 is 14.8 Å². The topological polar surface area (TPSA) is 121 Å². The van der Waals surface area contributed by atoms with Crippen molar-refractivity contribution < 1.29 is 28.9 Å². The number of hydrogen-bond acceptors (Lipinski definition) is 8. The molecule has 1 aliphatic heterocycles. The fourth-order valence-corrected chi connectivity index (χ4v) is 2.78. The van der Waals surface area contributed by atoms with Crippen LogP contribution in [-0.2, 0) is 14.3 Å². The second kappa shape index (κ2) is 9.62. The van der Waals surface area contributed by atoms with Gasteiger partial charge in [-0.2, -0.15) is 5.26 Å². The molecule has 0 bridgehead atoms. The Balaban J connectivity index is 2.48. The van der Waals surface area contributed by atoms with E-state index in [0.717, 1.165) is 0 Å². The van der Waals surface area contributed by atoms with Gasteiger partial charge in [0.25, 0.3) is 5.91 Å². The van der Waals surface area contributed by atoms with Crippen molar-refractivity contribution in [2.45, 2.75) is 13.8 Å². The lowest BCUT2D eigenvalue weighted by molar-refractivity contribution is -0.136. The van der Waals surface area contributed by atoms with E-state index in [9.17, 15) is 14.9 Å². The van der Waals surface area contributed by atoms with Crippen LogP contribution in [0, 0.1) is 11.3 Å². The van der Waals surface area contributed by atoms with Gasteiger partial charge in [-0.1, -0.05) is 0 Å². The average Bonchev–Trinajstić information content (AvgIpc) is 2.99. The van der Waals surface area contributed by atoms with Gasteiger partial charge in [0.15, 0.2) is 11.5 Å². The number of rotatable bonds is 9. The van der Waals surface area contributed by atoms with Crippen molar-refractivity contribution in [2.24, 2.45) is 0 Å². The summed E-state index contributed by atoms with van der Waals surface area (Å²) in [7, 11) is 1.22. The van der Waals surface area contributed by atoms with Gasteiger partial charge in [0.2, 0.25) is 0 Å². The summed E-state index contributed by atoms with van der Waals surface area (Å²) < 4.78 is 15.8. The molecule has 1 aliphatic rings. The normalized spacial score (nSPS) is 13.4. The van der Waals surface area contributed by atoms with Crippen molar-refractivity contribution >= 4 is 17.6 Å². The minimum atomic E-state index is -0.661. The molecular formula is C19H23N3O6. The summed E-state index contributed by atoms with van der Waals surface area (Å²) >= 11 is 0. The summed E-state index contributed by atoms with van der Waals surface area (Å²) in [6.07, 6.45) is 0. The highest BCUT2D eigenvalue weighted by Gasteiger charge is 2.35. The van der Waals surface area contributed by atoms with Gasteiger partial charge in [-0.3, -0.25) is 4.79 Å². The maximum absolute atomic E-state index is 12.7. The quantitative estimate of drug-likeness (QED) is 0.601. The number of benzene rings is 1. The number of aliphatic hydroxyl groups is 1. The predicted molar refractivity (Wildman–Crippen MR) is 99.8 cm³/mol. The molecule has 150 valence electrons. The molecule has 0 spiro atoms. The van der Waals surface area contributed by atoms with Gasteiger partial charge in [0.05, 0.1) is 50.3 Å². The molecule has 0 aromatic heterocycles. The van der Waals surface area contributed by atoms with Crippen LogP contribution in [0.15, 0.2) is 23.4 Å². The van der Waals surface area contributed by atoms with Crippen LogP contribution in [0.5, 0.6) is 11.5 Å². The van der Waals surface area contributed by atoms with Gasteiger partial charge >= 0.3 is 5.97 Å². The molecule has 1 amide bonds. The fourth-order valence-electron chi connectivity index (χ4n) is 2.78. The van der Waals surface area contributed by atoms with Crippen LogP contribution >= 0.6 is 0 Å². The summed E-state index contributed by atoms with van der Waals surface area (Å²) in [4.78, 5) is 26.1. The highest BCUT2D eigenvalue weighted by Crippen LogP contribution is 2.35. The second-order valence-electron chi connectivity index (χ2n) is 5.74. The summed E-state index contributed by atoms with van der Waals surface area (Å²) in [6.45, 7) is 4.23. The van der Waals surface area contributed by atoms with Gasteiger partial charge < -0.3 is 29.5 Å². The number of β-amino-alcohol motifs (C(OH)–C–C–N with tert-alkyl or cyclic N) is 1. The summed E-state index contributed by atoms with van der Waals surface area (Å²) in [5.41, 5.74) is 0.641. The molecule has 0 aliphatic carbocycles. The van der Waals surface area contributed by atoms with Crippen LogP contribution in [0.3, 0.4) is 0 Å². The molecule has 1 heterocycles. The fraction of sp³-hybridized carbons (Fsp3) is 0.421. The van der Waals surface area contributed by atoms with E-state index in [1.807, 2.05) is 19.9 Å². The molecule has 0 saturated heterocycles. The largest absolute Gasteiger partial charge is 0.490 e. The number of anilines is 1. The lowest BCUT2D eigenvalue weighted by Crippen LogP contribution is -2.31. The monoisotopic (exact) mass is 389 g/mol. The number of hydrogen-bond donors (Lipinski definition) is 2. The Kier molecular flexibility index (Phi) is 7.23. The molecule has 9 nitrogen and oxygen atoms in total. The molecule has 1 aromatic rings. The first kappa shape index (κ1) is 21.1. The zero-order chi connectivity index (χ0) is 20.7. The molecule has 2 rings (SSSR count). The third-order valence-corrected chi connectivity index (χ3v) is 4.02. The Labute approximate surface area is 163 Å². The minimum absolute atomic E-state index is 0.00316. The number of carbonyl (C=O) groups is 2. The lowest BCUT2D eigenvalue weighted by Gasteiger charge is -2.17. The van der Waals surface area contributed by atoms with Gasteiger partial charge in [-0.25, -0.2) is 4.79 Å². The predicted octanol–water partition coefficient (Wildman–Crippen LogP) is 1.03. The van der Waals surface area contributed by atoms with Crippen LogP contribution in [0.2, 0.25) is 0 Å². The molecule has 0 radical (unpaired) electrons. The second-order valence-corrected chi connectivity index (χ2v) is 5.74.